The van der Waals surface area contributed by atoms with Crippen LogP contribution < -0.4 is 10.2 Å². The second-order valence-corrected chi connectivity index (χ2v) is 9.54. The molecule has 0 amide bonds. The number of aromatic nitrogens is 4. The van der Waals surface area contributed by atoms with E-state index in [0.29, 0.717) is 17.9 Å². The lowest BCUT2D eigenvalue weighted by atomic mass is 10.2. The van der Waals surface area contributed by atoms with Crippen molar-refractivity contribution in [3.8, 4) is 0 Å². The van der Waals surface area contributed by atoms with Crippen LogP contribution in [-0.4, -0.2) is 73.9 Å². The number of hydrogen-bond acceptors (Lipinski definition) is 11. The first kappa shape index (κ1) is 25.4. The van der Waals surface area contributed by atoms with Gasteiger partial charge in [-0.05, 0) is 10.8 Å². The summed E-state index contributed by atoms with van der Waals surface area (Å²) >= 11 is 2.47. The highest BCUT2D eigenvalue weighted by molar-refractivity contribution is 7.99. The number of aliphatic hydroxyl groups is 1. The molecule has 1 unspecified atom stereocenters. The SMILES string of the molecule is CSCCNc1nc(SCCC(F)(F)F)nc2c1ncn2[C@@H]1O[C@H](CO[P+](=O)[O-])C[C@H]1O. The van der Waals surface area contributed by atoms with E-state index in [2.05, 4.69) is 24.8 Å². The van der Waals surface area contributed by atoms with Crippen molar-refractivity contribution in [1.82, 2.24) is 19.5 Å². The molecular weight excluding hydrogens is 494 g/mol. The summed E-state index contributed by atoms with van der Waals surface area (Å²) in [4.78, 5) is 23.6. The van der Waals surface area contributed by atoms with E-state index in [1.807, 2.05) is 6.26 Å². The summed E-state index contributed by atoms with van der Waals surface area (Å²) in [5, 5.41) is 13.7. The Kier molecular flexibility index (Phi) is 8.95. The third kappa shape index (κ3) is 6.89. The molecule has 16 heteroatoms. The first-order valence-electron chi connectivity index (χ1n) is 9.45. The van der Waals surface area contributed by atoms with Crippen LogP contribution in [0.1, 0.15) is 19.1 Å². The molecule has 1 aliphatic heterocycles. The first-order chi connectivity index (χ1) is 15.2. The molecule has 2 N–H and O–H groups in total. The Balaban J connectivity index is 1.85. The van der Waals surface area contributed by atoms with E-state index in [-0.39, 0.29) is 29.6 Å². The van der Waals surface area contributed by atoms with Crippen LogP contribution in [0, 0.1) is 0 Å². The van der Waals surface area contributed by atoms with Gasteiger partial charge in [0.2, 0.25) is 0 Å². The van der Waals surface area contributed by atoms with Crippen molar-refractivity contribution in [2.24, 2.45) is 0 Å². The summed E-state index contributed by atoms with van der Waals surface area (Å²) in [5.41, 5.74) is 0.658. The zero-order chi connectivity index (χ0) is 23.3. The molecule has 32 heavy (non-hydrogen) atoms. The minimum atomic E-state index is -4.29. The van der Waals surface area contributed by atoms with Crippen molar-refractivity contribution >= 4 is 48.8 Å². The fourth-order valence-corrected chi connectivity index (χ4v) is 4.45. The third-order valence-corrected chi connectivity index (χ3v) is 6.24. The van der Waals surface area contributed by atoms with Gasteiger partial charge in [-0.25, -0.2) is 15.0 Å². The molecule has 4 atom stereocenters. The minimum absolute atomic E-state index is 0.130. The average molecular weight is 515 g/mol. The molecule has 0 aliphatic carbocycles. The van der Waals surface area contributed by atoms with Crippen LogP contribution in [0.3, 0.4) is 0 Å². The molecule has 10 nitrogen and oxygen atoms in total. The Morgan fingerprint density at radius 1 is 1.44 bits per heavy atom. The summed E-state index contributed by atoms with van der Waals surface area (Å²) in [7, 11) is -3.04. The van der Waals surface area contributed by atoms with Crippen LogP contribution in [0.4, 0.5) is 19.0 Å². The van der Waals surface area contributed by atoms with Gasteiger partial charge >= 0.3 is 14.4 Å². The maximum atomic E-state index is 12.5. The van der Waals surface area contributed by atoms with E-state index < -0.39 is 39.3 Å². The molecule has 0 bridgehead atoms. The molecule has 0 radical (unpaired) electrons. The van der Waals surface area contributed by atoms with Crippen molar-refractivity contribution in [3.63, 3.8) is 0 Å². The van der Waals surface area contributed by atoms with Crippen LogP contribution in [-0.2, 0) is 13.8 Å². The molecule has 2 aromatic heterocycles. The van der Waals surface area contributed by atoms with Gasteiger partial charge in [0.1, 0.15) is 12.7 Å². The van der Waals surface area contributed by atoms with Crippen molar-refractivity contribution in [2.45, 2.75) is 42.6 Å². The molecule has 2 aromatic rings. The van der Waals surface area contributed by atoms with Crippen molar-refractivity contribution in [2.75, 3.05) is 36.2 Å². The molecule has 3 heterocycles. The van der Waals surface area contributed by atoms with Crippen LogP contribution in [0.5, 0.6) is 0 Å². The van der Waals surface area contributed by atoms with E-state index in [4.69, 9.17) is 4.74 Å². The fourth-order valence-electron chi connectivity index (χ4n) is 3.03. The van der Waals surface area contributed by atoms with Crippen LogP contribution in [0.15, 0.2) is 11.5 Å². The topological polar surface area (TPSA) is 134 Å². The van der Waals surface area contributed by atoms with E-state index in [0.717, 1.165) is 17.5 Å². The number of hydrogen-bond donors (Lipinski definition) is 2. The number of thioether (sulfide) groups is 2. The maximum absolute atomic E-state index is 12.5. The summed E-state index contributed by atoms with van der Waals surface area (Å²) < 4.78 is 60.0. The largest absolute Gasteiger partial charge is 0.566 e. The Labute approximate surface area is 190 Å². The number of halogens is 3. The van der Waals surface area contributed by atoms with Crippen molar-refractivity contribution in [3.05, 3.63) is 6.33 Å². The number of fused-ring (bicyclic) bond motifs is 1. The van der Waals surface area contributed by atoms with E-state index >= 15 is 0 Å². The van der Waals surface area contributed by atoms with Gasteiger partial charge in [0.15, 0.2) is 28.4 Å². The summed E-state index contributed by atoms with van der Waals surface area (Å²) in [5.74, 6) is 0.896. The number of alkyl halides is 3. The van der Waals surface area contributed by atoms with E-state index in [1.54, 1.807) is 11.8 Å². The fraction of sp³-hybridized carbons (Fsp3) is 0.688. The average Bonchev–Trinajstić information content (AvgIpc) is 3.28. The molecule has 0 aromatic carbocycles. The molecule has 1 aliphatic rings. The Bertz CT molecular complexity index is 937. The highest BCUT2D eigenvalue weighted by atomic mass is 32.2. The van der Waals surface area contributed by atoms with Crippen LogP contribution in [0.2, 0.25) is 0 Å². The van der Waals surface area contributed by atoms with Crippen LogP contribution in [0.25, 0.3) is 11.2 Å². The zero-order valence-corrected chi connectivity index (χ0v) is 19.3. The normalized spacial score (nSPS) is 21.9. The lowest BCUT2D eigenvalue weighted by Gasteiger charge is -2.17. The number of nitrogens with zero attached hydrogens (tertiary/aromatic N) is 4. The van der Waals surface area contributed by atoms with Gasteiger partial charge in [0.25, 0.3) is 0 Å². The summed E-state index contributed by atoms with van der Waals surface area (Å²) in [6.07, 6.45) is -4.38. The smallest absolute Gasteiger partial charge is 0.488 e. The third-order valence-electron chi connectivity index (χ3n) is 4.42. The van der Waals surface area contributed by atoms with E-state index in [9.17, 15) is 27.7 Å². The number of nitrogens with one attached hydrogen (secondary N) is 1. The van der Waals surface area contributed by atoms with Gasteiger partial charge in [0, 0.05) is 24.5 Å². The van der Waals surface area contributed by atoms with Gasteiger partial charge in [0.05, 0.1) is 18.9 Å². The summed E-state index contributed by atoms with van der Waals surface area (Å²) in [6.45, 7) is 0.316. The highest BCUT2D eigenvalue weighted by Crippen LogP contribution is 2.34. The predicted octanol–water partition coefficient (Wildman–Crippen LogP) is 2.33. The second kappa shape index (κ2) is 11.3. The quantitative estimate of drug-likeness (QED) is 0.198. The zero-order valence-electron chi connectivity index (χ0n) is 16.8. The Morgan fingerprint density at radius 3 is 2.91 bits per heavy atom. The highest BCUT2D eigenvalue weighted by Gasteiger charge is 2.37. The number of anilines is 1. The monoisotopic (exact) mass is 515 g/mol. The molecule has 178 valence electrons. The molecular formula is C16H21F3N5O5PS2. The minimum Gasteiger partial charge on any atom is -0.566 e. The number of aliphatic hydroxyl groups excluding tert-OH is 1. The van der Waals surface area contributed by atoms with Gasteiger partial charge in [-0.1, -0.05) is 11.8 Å². The number of rotatable bonds is 11. The van der Waals surface area contributed by atoms with Gasteiger partial charge in [-0.2, -0.15) is 24.9 Å². The van der Waals surface area contributed by atoms with Crippen molar-refractivity contribution in [1.29, 1.82) is 0 Å². The van der Waals surface area contributed by atoms with Crippen LogP contribution >= 0.6 is 31.8 Å². The van der Waals surface area contributed by atoms with E-state index in [1.165, 1.54) is 10.9 Å². The van der Waals surface area contributed by atoms with Crippen molar-refractivity contribution < 1.29 is 37.0 Å². The Morgan fingerprint density at radius 2 is 2.22 bits per heavy atom. The lowest BCUT2D eigenvalue weighted by molar-refractivity contribution is -0.188. The summed E-state index contributed by atoms with van der Waals surface area (Å²) in [6, 6.07) is 0. The molecule has 0 saturated carbocycles. The number of ether oxygens (including phenoxy) is 1. The van der Waals surface area contributed by atoms with Gasteiger partial charge in [-0.3, -0.25) is 4.57 Å². The predicted molar refractivity (Wildman–Crippen MR) is 112 cm³/mol. The molecule has 1 saturated heterocycles. The molecule has 1 fully saturated rings. The lowest BCUT2D eigenvalue weighted by Crippen LogP contribution is -2.19. The molecule has 3 rings (SSSR count). The van der Waals surface area contributed by atoms with Gasteiger partial charge < -0.3 is 20.1 Å². The first-order valence-corrected chi connectivity index (χ1v) is 12.9. The molecule has 0 spiro atoms. The maximum Gasteiger partial charge on any atom is 0.488 e. The van der Waals surface area contributed by atoms with Gasteiger partial charge in [-0.15, -0.1) is 4.52 Å². The number of imidazole rings is 1. The Hall–Kier alpha value is -1.22. The standard InChI is InChI=1S/C16H21F3N5O5PS2/c1-31-5-3-20-12-11-13(23-15(22-12)32-4-2-16(17,18)19)24(8-21-11)14-10(25)6-9(29-14)7-28-30(26)27/h8-10,14,25H,2-7H2,1H3,(H,20,22,23)/t9-,10+,14+/m0/s1. The second-order valence-electron chi connectivity index (χ2n) is 6.78.